The van der Waals surface area contributed by atoms with Gasteiger partial charge < -0.3 is 40.6 Å². The summed E-state index contributed by atoms with van der Waals surface area (Å²) in [7, 11) is -2.19. The Balaban J connectivity index is 0.000000165. The van der Waals surface area contributed by atoms with Crippen molar-refractivity contribution in [3.63, 3.8) is 0 Å². The summed E-state index contributed by atoms with van der Waals surface area (Å²) in [4.78, 5) is 32.6. The molecule has 2 aromatic carbocycles. The van der Waals surface area contributed by atoms with Crippen LogP contribution in [0.25, 0.3) is 22.1 Å². The van der Waals surface area contributed by atoms with E-state index in [1.165, 1.54) is 9.75 Å². The maximum absolute atomic E-state index is 9.30. The lowest BCUT2D eigenvalue weighted by atomic mass is 10.3. The molecule has 0 spiro atoms. The molecule has 2 fully saturated rings. The largest absolute Gasteiger partial charge is 0.464 e. The van der Waals surface area contributed by atoms with Crippen LogP contribution in [0.2, 0.25) is 67.0 Å². The molecular weight excluding hydrogens is 1080 g/mol. The molecule has 4 atom stereocenters. The Morgan fingerprint density at radius 2 is 1.11 bits per heavy atom. The fourth-order valence-corrected chi connectivity index (χ4v) is 11.8. The smallest absolute Gasteiger partial charge is 0.299 e. The van der Waals surface area contributed by atoms with Gasteiger partial charge in [-0.25, -0.2) is 15.0 Å². The lowest BCUT2D eigenvalue weighted by Crippen LogP contribution is -2.28. The van der Waals surface area contributed by atoms with Gasteiger partial charge in [0.15, 0.2) is 0 Å². The Morgan fingerprint density at radius 1 is 0.627 bits per heavy atom. The summed E-state index contributed by atoms with van der Waals surface area (Å²) in [5.41, 5.74) is 15.5. The van der Waals surface area contributed by atoms with E-state index >= 15 is 0 Å². The van der Waals surface area contributed by atoms with Gasteiger partial charge in [-0.2, -0.15) is 15.0 Å². The number of thiophene rings is 2. The number of hydrogen-bond donors (Lipinski definition) is 3. The third-order valence-electron chi connectivity index (χ3n) is 12.7. The van der Waals surface area contributed by atoms with Crippen molar-refractivity contribution in [1.29, 1.82) is 0 Å². The van der Waals surface area contributed by atoms with Crippen molar-refractivity contribution in [2.45, 2.75) is 103 Å². The Morgan fingerprint density at radius 3 is 1.59 bits per heavy atom. The molecule has 2 unspecified atom stereocenters. The molecule has 0 bridgehead atoms. The van der Waals surface area contributed by atoms with Gasteiger partial charge in [0.05, 0.1) is 41.8 Å². The van der Waals surface area contributed by atoms with E-state index in [4.69, 9.17) is 65.5 Å². The first-order valence-electron chi connectivity index (χ1n) is 25.0. The molecule has 400 valence electrons. The topological polar surface area (TPSA) is 194 Å². The van der Waals surface area contributed by atoms with Crippen LogP contribution < -0.4 is 26.0 Å². The summed E-state index contributed by atoms with van der Waals surface area (Å²) in [5.74, 6) is 2.43. The molecule has 0 amide bonds. The number of aliphatic hydroxyl groups excluding tert-OH is 1. The van der Waals surface area contributed by atoms with Crippen molar-refractivity contribution >= 4 is 119 Å². The number of ether oxygens (including phenoxy) is 3. The molecule has 6 heterocycles. The fourth-order valence-electron chi connectivity index (χ4n) is 8.33. The molecule has 10 rings (SSSR count). The number of nitrogens with two attached hydrogens (primary N) is 2. The third-order valence-corrected chi connectivity index (χ3v) is 18.5. The molecule has 0 radical (unpaired) electrons. The number of aromatic nitrogens is 8. The highest BCUT2D eigenvalue weighted by molar-refractivity contribution is 7.10. The number of rotatable bonds is 22. The minimum absolute atomic E-state index is 0.171. The lowest BCUT2D eigenvalue weighted by molar-refractivity contribution is 0.0811. The summed E-state index contributed by atoms with van der Waals surface area (Å²) >= 11 is 21.7. The first kappa shape index (κ1) is 56.3. The van der Waals surface area contributed by atoms with Gasteiger partial charge in [-0.05, 0) is 83.7 Å². The highest BCUT2D eigenvalue weighted by Gasteiger charge is 2.44. The average molecular weight is 1150 g/mol. The zero-order valence-electron chi connectivity index (χ0n) is 43.3. The van der Waals surface area contributed by atoms with Crippen LogP contribution in [-0.4, -0.2) is 98.8 Å². The van der Waals surface area contributed by atoms with Crippen molar-refractivity contribution in [1.82, 2.24) is 39.0 Å². The van der Waals surface area contributed by atoms with Gasteiger partial charge in [-0.1, -0.05) is 98.9 Å². The number of halogens is 3. The molecule has 8 aromatic rings. The summed E-state index contributed by atoms with van der Waals surface area (Å²) < 4.78 is 22.0. The highest BCUT2D eigenvalue weighted by atomic mass is 35.5. The Hall–Kier alpha value is -4.88. The van der Waals surface area contributed by atoms with Crippen LogP contribution >= 0.6 is 57.5 Å². The molecule has 6 aromatic heterocycles. The zero-order chi connectivity index (χ0) is 53.3. The zero-order valence-corrected chi connectivity index (χ0v) is 49.2. The minimum Gasteiger partial charge on any atom is -0.464 e. The molecule has 23 heteroatoms. The van der Waals surface area contributed by atoms with Crippen molar-refractivity contribution < 1.29 is 19.3 Å². The van der Waals surface area contributed by atoms with Gasteiger partial charge in [0.1, 0.15) is 35.4 Å². The molecule has 0 saturated heterocycles. The minimum atomic E-state index is -1.16. The van der Waals surface area contributed by atoms with Gasteiger partial charge in [0, 0.05) is 81.8 Å². The Bertz CT molecular complexity index is 3040. The number of nitrogen functional groups attached to an aromatic ring is 2. The maximum atomic E-state index is 9.30. The first-order valence-corrected chi connectivity index (χ1v) is 35.4. The quantitative estimate of drug-likeness (QED) is 0.0330. The number of para-hydroxylation sites is 4. The maximum Gasteiger partial charge on any atom is 0.299 e. The van der Waals surface area contributed by atoms with E-state index in [0.717, 1.165) is 84.9 Å². The Labute approximate surface area is 464 Å². The molecule has 2 aliphatic carbocycles. The predicted octanol–water partition coefficient (Wildman–Crippen LogP) is 12.1. The van der Waals surface area contributed by atoms with E-state index in [1.54, 1.807) is 34.8 Å². The molecule has 2 aliphatic rings. The van der Waals surface area contributed by atoms with E-state index < -0.39 is 16.1 Å². The number of aliphatic hydroxyl groups is 1. The summed E-state index contributed by atoms with van der Waals surface area (Å²) in [6, 6.07) is 31.2. The molecule has 75 heavy (non-hydrogen) atoms. The van der Waals surface area contributed by atoms with Crippen LogP contribution in [0.15, 0.2) is 95.7 Å². The second-order valence-electron chi connectivity index (χ2n) is 21.2. The number of hydrogen-bond acceptors (Lipinski definition) is 16. The number of imidazole rings is 2. The van der Waals surface area contributed by atoms with Crippen LogP contribution in [0.1, 0.15) is 22.6 Å². The number of benzene rings is 2. The van der Waals surface area contributed by atoms with Crippen molar-refractivity contribution in [3.8, 4) is 6.01 Å². The number of fused-ring (bicyclic) bond motifs is 2. The van der Waals surface area contributed by atoms with Crippen LogP contribution in [0, 0.1) is 11.8 Å². The monoisotopic (exact) mass is 1150 g/mol. The fraction of sp³-hybridized carbons (Fsp3) is 0.423. The van der Waals surface area contributed by atoms with Crippen molar-refractivity contribution in [2.75, 3.05) is 47.7 Å². The second kappa shape index (κ2) is 25.5. The van der Waals surface area contributed by atoms with Gasteiger partial charge in [-0.15, -0.1) is 22.7 Å². The van der Waals surface area contributed by atoms with Crippen LogP contribution in [0.3, 0.4) is 0 Å². The summed E-state index contributed by atoms with van der Waals surface area (Å²) in [6.45, 7) is 18.8. The van der Waals surface area contributed by atoms with Crippen LogP contribution in [0.5, 0.6) is 6.01 Å². The van der Waals surface area contributed by atoms with Gasteiger partial charge >= 0.3 is 0 Å². The average Bonchev–Trinajstić information content (AvgIpc) is 3.98. The Kier molecular flexibility index (Phi) is 19.2. The van der Waals surface area contributed by atoms with Crippen LogP contribution in [0.4, 0.5) is 23.5 Å². The van der Waals surface area contributed by atoms with Crippen molar-refractivity contribution in [2.24, 2.45) is 11.8 Å². The molecule has 5 N–H and O–H groups in total. The van der Waals surface area contributed by atoms with Gasteiger partial charge in [0.2, 0.25) is 17.2 Å². The molecular formula is C52H67Cl3N12O4S2Si2. The molecule has 2 saturated carbocycles. The standard InChI is InChI=1S/C26H33ClN6O2SSi.C13H15ClN4OS.C13H19ClN2OSi/c1-37(2,3)12-10-34-17-33-21-9-5-4-8-20(21)29-26(33)35-16-18-13-22(18)32(15-19-7-6-11-36-19)24-14-23(27)30-25(28)31-24;14-11-5-12(17-13(15)16-11)18(10-4-8(10)7-19)6-9-2-1-3-20-9;1-18(2,3)9-8-17-10-16-12-7-5-4-6-11(12)15-13(16)14/h4-9,11,14,18,22H,10,12-13,15-17H2,1-3H3,(H2,28,30,31);1-3,5,8,10,19H,4,6-7H2,(H2,15,16,17);4-7H,8-10H2,1-3H3/t18-,22?;8-,10?;/m00./s1. The van der Waals surface area contributed by atoms with E-state index in [-0.39, 0.29) is 30.6 Å². The summed E-state index contributed by atoms with van der Waals surface area (Å²) in [5, 5.41) is 14.6. The van der Waals surface area contributed by atoms with E-state index in [0.29, 0.717) is 53.5 Å². The molecule has 16 nitrogen and oxygen atoms in total. The van der Waals surface area contributed by atoms with Crippen molar-refractivity contribution in [3.05, 3.63) is 121 Å². The van der Waals surface area contributed by atoms with E-state index in [9.17, 15) is 5.11 Å². The lowest BCUT2D eigenvalue weighted by Gasteiger charge is -2.24. The van der Waals surface area contributed by atoms with Gasteiger partial charge in [0.25, 0.3) is 6.01 Å². The second-order valence-corrected chi connectivity index (χ2v) is 35.6. The third kappa shape index (κ3) is 16.3. The SMILES string of the molecule is C[Si](C)(C)CCOCn1c(Cl)nc2ccccc21.C[Si](C)(C)CCOCn1c(OC[C@@H]2CC2N(Cc2cccs2)c2cc(Cl)nc(N)n2)nc2ccccc21.Nc1nc(Cl)cc(N(Cc2cccs2)C2C[C@H]2CO)n1. The van der Waals surface area contributed by atoms with E-state index in [1.807, 2.05) is 63.0 Å². The number of nitrogens with zero attached hydrogens (tertiary/aromatic N) is 10. The first-order chi connectivity index (χ1) is 35.9. The normalized spacial score (nSPS) is 17.0. The van der Waals surface area contributed by atoms with Crippen LogP contribution in [-0.2, 0) is 36.0 Å². The predicted molar refractivity (Wildman–Crippen MR) is 313 cm³/mol. The highest BCUT2D eigenvalue weighted by Crippen LogP contribution is 2.41. The van der Waals surface area contributed by atoms with Gasteiger partial charge in [-0.3, -0.25) is 9.13 Å². The number of anilines is 4. The summed E-state index contributed by atoms with van der Waals surface area (Å²) in [6.07, 6.45) is 1.95. The molecule has 0 aliphatic heterocycles. The van der Waals surface area contributed by atoms with E-state index in [2.05, 4.69) is 104 Å².